The van der Waals surface area contributed by atoms with Crippen LogP contribution < -0.4 is 10.6 Å². The third kappa shape index (κ3) is 4.97. The van der Waals surface area contributed by atoms with Gasteiger partial charge >= 0.3 is 0 Å². The lowest BCUT2D eigenvalue weighted by molar-refractivity contribution is -0.116. The Morgan fingerprint density at radius 1 is 1.59 bits per heavy atom. The SMILES string of the molecule is C=CC(=O)NCCO[C@@H](c1cccc(C)c1)[C@@H]1CCCNC1. The zero-order valence-electron chi connectivity index (χ0n) is 13.3. The number of piperidine rings is 1. The Labute approximate surface area is 132 Å². The standard InChI is InChI=1S/C18H26N2O2/c1-3-17(21)20-10-11-22-18(16-8-5-9-19-13-16)15-7-4-6-14(2)12-15/h3-4,6-7,12,16,18-19H,1,5,8-11,13H2,2H3,(H,20,21)/t16-,18+/m1/s1. The summed E-state index contributed by atoms with van der Waals surface area (Å²) in [6, 6.07) is 8.51. The molecular weight excluding hydrogens is 276 g/mol. The van der Waals surface area contributed by atoms with Gasteiger partial charge in [0, 0.05) is 19.0 Å². The second kappa shape index (κ2) is 8.71. The highest BCUT2D eigenvalue weighted by molar-refractivity contribution is 5.86. The van der Waals surface area contributed by atoms with Gasteiger partial charge in [0.1, 0.15) is 0 Å². The largest absolute Gasteiger partial charge is 0.371 e. The van der Waals surface area contributed by atoms with E-state index >= 15 is 0 Å². The number of carbonyl (C=O) groups excluding carboxylic acids is 1. The lowest BCUT2D eigenvalue weighted by atomic mass is 9.89. The van der Waals surface area contributed by atoms with E-state index in [9.17, 15) is 4.79 Å². The summed E-state index contributed by atoms with van der Waals surface area (Å²) in [5, 5.41) is 6.21. The molecule has 22 heavy (non-hydrogen) atoms. The molecule has 1 heterocycles. The highest BCUT2D eigenvalue weighted by Crippen LogP contribution is 2.31. The fourth-order valence-electron chi connectivity index (χ4n) is 2.92. The lowest BCUT2D eigenvalue weighted by Gasteiger charge is -2.31. The van der Waals surface area contributed by atoms with Crippen molar-refractivity contribution < 1.29 is 9.53 Å². The van der Waals surface area contributed by atoms with E-state index in [0.717, 1.165) is 13.1 Å². The maximum atomic E-state index is 11.2. The van der Waals surface area contributed by atoms with Crippen molar-refractivity contribution in [3.05, 3.63) is 48.0 Å². The molecule has 1 saturated heterocycles. The number of nitrogens with one attached hydrogen (secondary N) is 2. The Bertz CT molecular complexity index is 496. The molecule has 0 bridgehead atoms. The Morgan fingerprint density at radius 3 is 3.14 bits per heavy atom. The Kier molecular flexibility index (Phi) is 6.62. The first-order valence-electron chi connectivity index (χ1n) is 8.00. The molecule has 0 aromatic heterocycles. The van der Waals surface area contributed by atoms with E-state index in [-0.39, 0.29) is 12.0 Å². The van der Waals surface area contributed by atoms with Gasteiger partial charge in [-0.2, -0.15) is 0 Å². The van der Waals surface area contributed by atoms with E-state index in [1.807, 2.05) is 0 Å². The van der Waals surface area contributed by atoms with Crippen LogP contribution in [0.2, 0.25) is 0 Å². The van der Waals surface area contributed by atoms with Gasteiger partial charge in [-0.05, 0) is 37.9 Å². The highest BCUT2D eigenvalue weighted by atomic mass is 16.5. The molecule has 1 aliphatic heterocycles. The predicted molar refractivity (Wildman–Crippen MR) is 88.7 cm³/mol. The average Bonchev–Trinajstić information content (AvgIpc) is 2.55. The Balaban J connectivity index is 1.98. The minimum absolute atomic E-state index is 0.0772. The zero-order valence-corrected chi connectivity index (χ0v) is 13.3. The van der Waals surface area contributed by atoms with E-state index in [2.05, 4.69) is 48.4 Å². The van der Waals surface area contributed by atoms with Gasteiger partial charge in [-0.25, -0.2) is 0 Å². The summed E-state index contributed by atoms with van der Waals surface area (Å²) < 4.78 is 6.13. The molecule has 0 unspecified atom stereocenters. The second-order valence-electron chi connectivity index (χ2n) is 5.81. The molecule has 4 nitrogen and oxygen atoms in total. The number of rotatable bonds is 7. The van der Waals surface area contributed by atoms with Gasteiger partial charge in [0.2, 0.25) is 5.91 Å². The number of benzene rings is 1. The van der Waals surface area contributed by atoms with Gasteiger partial charge < -0.3 is 15.4 Å². The van der Waals surface area contributed by atoms with Crippen LogP contribution in [0.4, 0.5) is 0 Å². The molecule has 4 heteroatoms. The monoisotopic (exact) mass is 302 g/mol. The first-order chi connectivity index (χ1) is 10.7. The van der Waals surface area contributed by atoms with Crippen molar-refractivity contribution in [2.75, 3.05) is 26.2 Å². The number of carbonyl (C=O) groups is 1. The Morgan fingerprint density at radius 2 is 2.45 bits per heavy atom. The van der Waals surface area contributed by atoms with E-state index in [1.165, 1.54) is 30.0 Å². The van der Waals surface area contributed by atoms with E-state index in [1.54, 1.807) is 0 Å². The van der Waals surface area contributed by atoms with Crippen LogP contribution in [0.25, 0.3) is 0 Å². The molecule has 1 aliphatic rings. The first kappa shape index (κ1) is 16.7. The molecule has 1 fully saturated rings. The lowest BCUT2D eigenvalue weighted by Crippen LogP contribution is -2.35. The van der Waals surface area contributed by atoms with Gasteiger partial charge in [-0.1, -0.05) is 36.4 Å². The molecule has 2 N–H and O–H groups in total. The third-order valence-corrected chi connectivity index (χ3v) is 4.02. The maximum Gasteiger partial charge on any atom is 0.243 e. The summed E-state index contributed by atoms with van der Waals surface area (Å²) in [7, 11) is 0. The van der Waals surface area contributed by atoms with E-state index < -0.39 is 0 Å². The van der Waals surface area contributed by atoms with Crippen LogP contribution >= 0.6 is 0 Å². The maximum absolute atomic E-state index is 11.2. The molecule has 0 saturated carbocycles. The molecule has 0 spiro atoms. The molecule has 0 aliphatic carbocycles. The van der Waals surface area contributed by atoms with Gasteiger partial charge in [0.25, 0.3) is 0 Å². The van der Waals surface area contributed by atoms with Crippen LogP contribution in [-0.4, -0.2) is 32.1 Å². The van der Waals surface area contributed by atoms with Gasteiger partial charge in [-0.15, -0.1) is 0 Å². The number of aryl methyl sites for hydroxylation is 1. The van der Waals surface area contributed by atoms with E-state index in [4.69, 9.17) is 4.74 Å². The van der Waals surface area contributed by atoms with Crippen molar-refractivity contribution in [3.8, 4) is 0 Å². The smallest absolute Gasteiger partial charge is 0.243 e. The summed E-state index contributed by atoms with van der Waals surface area (Å²) in [6.45, 7) is 8.63. The third-order valence-electron chi connectivity index (χ3n) is 4.02. The van der Waals surface area contributed by atoms with Crippen LogP contribution in [0, 0.1) is 12.8 Å². The molecule has 2 atom stereocenters. The second-order valence-corrected chi connectivity index (χ2v) is 5.81. The normalized spacial score (nSPS) is 19.4. The van der Waals surface area contributed by atoms with Crippen molar-refractivity contribution in [1.29, 1.82) is 0 Å². The van der Waals surface area contributed by atoms with Crippen LogP contribution in [0.15, 0.2) is 36.9 Å². The van der Waals surface area contributed by atoms with E-state index in [0.29, 0.717) is 19.1 Å². The highest BCUT2D eigenvalue weighted by Gasteiger charge is 2.25. The molecule has 1 amide bonds. The summed E-state index contributed by atoms with van der Waals surface area (Å²) in [5.74, 6) is 0.320. The topological polar surface area (TPSA) is 50.4 Å². The zero-order chi connectivity index (χ0) is 15.8. The van der Waals surface area contributed by atoms with Crippen molar-refractivity contribution in [3.63, 3.8) is 0 Å². The van der Waals surface area contributed by atoms with Gasteiger partial charge in [0.05, 0.1) is 12.7 Å². The van der Waals surface area contributed by atoms with Gasteiger partial charge in [-0.3, -0.25) is 4.79 Å². The van der Waals surface area contributed by atoms with Gasteiger partial charge in [0.15, 0.2) is 0 Å². The van der Waals surface area contributed by atoms with Crippen LogP contribution in [-0.2, 0) is 9.53 Å². The predicted octanol–water partition coefficient (Wildman–Crippen LogP) is 2.35. The fraction of sp³-hybridized carbons (Fsp3) is 0.500. The van der Waals surface area contributed by atoms with Crippen molar-refractivity contribution in [1.82, 2.24) is 10.6 Å². The summed E-state index contributed by atoms with van der Waals surface area (Å²) in [5.41, 5.74) is 2.47. The molecule has 1 aromatic rings. The Hall–Kier alpha value is -1.65. The van der Waals surface area contributed by atoms with Crippen LogP contribution in [0.1, 0.15) is 30.1 Å². The summed E-state index contributed by atoms with van der Waals surface area (Å²) in [6.07, 6.45) is 3.71. The molecule has 1 aromatic carbocycles. The van der Waals surface area contributed by atoms with Crippen molar-refractivity contribution in [2.24, 2.45) is 5.92 Å². The van der Waals surface area contributed by atoms with Crippen molar-refractivity contribution >= 4 is 5.91 Å². The number of hydrogen-bond donors (Lipinski definition) is 2. The molecule has 0 radical (unpaired) electrons. The van der Waals surface area contributed by atoms with Crippen LogP contribution in [0.3, 0.4) is 0 Å². The minimum Gasteiger partial charge on any atom is -0.371 e. The quantitative estimate of drug-likeness (QED) is 0.600. The molecule has 2 rings (SSSR count). The number of hydrogen-bond acceptors (Lipinski definition) is 3. The summed E-state index contributed by atoms with van der Waals surface area (Å²) >= 11 is 0. The molecule has 120 valence electrons. The number of amides is 1. The average molecular weight is 302 g/mol. The fourth-order valence-corrected chi connectivity index (χ4v) is 2.92. The number of ether oxygens (including phenoxy) is 1. The van der Waals surface area contributed by atoms with Crippen molar-refractivity contribution in [2.45, 2.75) is 25.9 Å². The first-order valence-corrected chi connectivity index (χ1v) is 8.00. The van der Waals surface area contributed by atoms with Crippen LogP contribution in [0.5, 0.6) is 0 Å². The minimum atomic E-state index is -0.157. The molecular formula is C18H26N2O2. The summed E-state index contributed by atoms with van der Waals surface area (Å²) in [4.78, 5) is 11.2.